The topological polar surface area (TPSA) is 38.9 Å². The van der Waals surface area contributed by atoms with Gasteiger partial charge in [-0.3, -0.25) is 0 Å². The number of nitrogens with zero attached hydrogens (tertiary/aromatic N) is 2. The second-order valence-electron chi connectivity index (χ2n) is 18.8. The Morgan fingerprint density at radius 3 is 1.88 bits per heavy atom. The van der Waals surface area contributed by atoms with E-state index in [-0.39, 0.29) is 0 Å². The van der Waals surface area contributed by atoms with E-state index >= 15 is 0 Å². The van der Waals surface area contributed by atoms with Crippen LogP contribution in [0.4, 0.5) is 0 Å². The molecule has 0 bridgehead atoms. The Morgan fingerprint density at radius 2 is 1.09 bits per heavy atom. The van der Waals surface area contributed by atoms with E-state index in [0.29, 0.717) is 0 Å². The smallest absolute Gasteiger partial charge is 0.160 e. The zero-order valence-corrected chi connectivity index (χ0v) is 41.3. The quantitative estimate of drug-likeness (QED) is 0.0854. The summed E-state index contributed by atoms with van der Waals surface area (Å²) in [6, 6.07) is 41.0. The van der Waals surface area contributed by atoms with Gasteiger partial charge in [0.15, 0.2) is 5.82 Å². The Bertz CT molecular complexity index is 3560. The molecule has 0 unspecified atom stereocenters. The minimum atomic E-state index is 0.774. The minimum Gasteiger partial charge on any atom is -0.456 e. The van der Waals surface area contributed by atoms with Crippen LogP contribution in [0.25, 0.3) is 106 Å². The van der Waals surface area contributed by atoms with Crippen LogP contribution in [0, 0.1) is 13.8 Å². The largest absolute Gasteiger partial charge is 0.456 e. The molecule has 0 radical (unpaired) electrons. The lowest BCUT2D eigenvalue weighted by Crippen LogP contribution is -2.01. The maximum absolute atomic E-state index is 6.32. The van der Waals surface area contributed by atoms with Gasteiger partial charge in [0.2, 0.25) is 0 Å². The van der Waals surface area contributed by atoms with Crippen LogP contribution in [0.5, 0.6) is 0 Å². The number of hydrogen-bond acceptors (Lipinski definition) is 6. The molecule has 3 nitrogen and oxygen atoms in total. The number of aryl methyl sites for hydroxylation is 4. The SMILES string of the molecule is CCCCCCCCc1cc(-c2cc(-c3ccc4c(c3)sc3c5ccc(C)cc5sc43)nc(-c3ccc4sc5cc6oc7ccccc7c6cc5c4c3)n2)c(CCCCCCCC)cc1C. The molecule has 66 heavy (non-hydrogen) atoms. The van der Waals surface area contributed by atoms with Crippen molar-refractivity contribution in [1.29, 1.82) is 0 Å². The lowest BCUT2D eigenvalue weighted by Gasteiger charge is -2.17. The molecule has 0 atom stereocenters. The third-order valence-electron chi connectivity index (χ3n) is 13.9. The molecule has 0 N–H and O–H groups in total. The molecule has 6 heteroatoms. The van der Waals surface area contributed by atoms with E-state index in [1.165, 1.54) is 155 Å². The lowest BCUT2D eigenvalue weighted by atomic mass is 9.91. The fourth-order valence-corrected chi connectivity index (χ4v) is 14.1. The maximum atomic E-state index is 6.32. The fourth-order valence-electron chi connectivity index (χ4n) is 10.2. The van der Waals surface area contributed by atoms with Gasteiger partial charge in [-0.1, -0.05) is 127 Å². The number of benzene rings is 6. The molecule has 0 saturated heterocycles. The number of para-hydroxylation sites is 1. The first kappa shape index (κ1) is 43.2. The summed E-state index contributed by atoms with van der Waals surface area (Å²) in [4.78, 5) is 11.1. The Kier molecular flexibility index (Phi) is 12.2. The average molecular weight is 919 g/mol. The van der Waals surface area contributed by atoms with Gasteiger partial charge in [0.25, 0.3) is 0 Å². The van der Waals surface area contributed by atoms with Crippen LogP contribution in [0.15, 0.2) is 114 Å². The van der Waals surface area contributed by atoms with E-state index in [9.17, 15) is 0 Å². The number of rotatable bonds is 17. The molecule has 5 aromatic heterocycles. The molecule has 0 amide bonds. The van der Waals surface area contributed by atoms with Crippen molar-refractivity contribution in [2.75, 3.05) is 0 Å². The van der Waals surface area contributed by atoms with E-state index in [0.717, 1.165) is 63.1 Å². The van der Waals surface area contributed by atoms with Crippen molar-refractivity contribution in [2.45, 2.75) is 118 Å². The van der Waals surface area contributed by atoms with Crippen molar-refractivity contribution >= 4 is 106 Å². The Hall–Kier alpha value is -5.40. The summed E-state index contributed by atoms with van der Waals surface area (Å²) >= 11 is 5.67. The van der Waals surface area contributed by atoms with Crippen LogP contribution in [-0.2, 0) is 12.8 Å². The molecule has 6 aromatic carbocycles. The van der Waals surface area contributed by atoms with Crippen LogP contribution in [-0.4, -0.2) is 9.97 Å². The molecular formula is C60H58N2OS3. The summed E-state index contributed by atoms with van der Waals surface area (Å²) in [5.41, 5.74) is 12.9. The van der Waals surface area contributed by atoms with E-state index in [4.69, 9.17) is 14.4 Å². The summed E-state index contributed by atoms with van der Waals surface area (Å²) in [6.45, 7) is 9.13. The first-order chi connectivity index (χ1) is 32.4. The molecule has 0 saturated carbocycles. The number of furan rings is 1. The Balaban J connectivity index is 1.05. The summed E-state index contributed by atoms with van der Waals surface area (Å²) in [7, 11) is 0. The molecule has 0 spiro atoms. The van der Waals surface area contributed by atoms with Crippen LogP contribution >= 0.6 is 34.0 Å². The predicted molar refractivity (Wildman–Crippen MR) is 290 cm³/mol. The van der Waals surface area contributed by atoms with Crippen molar-refractivity contribution in [3.63, 3.8) is 0 Å². The predicted octanol–water partition coefficient (Wildman–Crippen LogP) is 19.8. The van der Waals surface area contributed by atoms with Crippen molar-refractivity contribution in [3.8, 4) is 33.9 Å². The molecular weight excluding hydrogens is 861 g/mol. The first-order valence-electron chi connectivity index (χ1n) is 24.6. The lowest BCUT2D eigenvalue weighted by molar-refractivity contribution is 0.605. The number of unbranched alkanes of at least 4 members (excludes halogenated alkanes) is 10. The second-order valence-corrected chi connectivity index (χ2v) is 22.0. The van der Waals surface area contributed by atoms with Crippen LogP contribution < -0.4 is 0 Å². The minimum absolute atomic E-state index is 0.774. The molecule has 5 heterocycles. The van der Waals surface area contributed by atoms with E-state index < -0.39 is 0 Å². The van der Waals surface area contributed by atoms with Gasteiger partial charge in [0.05, 0.1) is 20.8 Å². The third-order valence-corrected chi connectivity index (χ3v) is 17.6. The molecule has 11 rings (SSSR count). The first-order valence-corrected chi connectivity index (χ1v) is 27.0. The third kappa shape index (κ3) is 8.35. The summed E-state index contributed by atoms with van der Waals surface area (Å²) in [6.07, 6.45) is 17.7. The highest BCUT2D eigenvalue weighted by atomic mass is 32.1. The van der Waals surface area contributed by atoms with Crippen molar-refractivity contribution < 1.29 is 4.42 Å². The van der Waals surface area contributed by atoms with E-state index in [2.05, 4.69) is 131 Å². The standard InChI is InChI=1S/C60H58N2OS3/c1-5-7-9-11-13-15-19-39-31-46(40(30-38(39)4)20-16-14-12-10-8-6-2)51-35-50(41-24-27-45-56(33-41)66-58-44-26-23-37(3)29-55(44)65-59(45)58)61-60(62-51)42-25-28-54-48(32-42)49-34-47-43-21-17-18-22-52(43)63-53(47)36-57(49)64-54/h17-18,21-36H,5-16,19-20H2,1-4H3. The number of hydrogen-bond donors (Lipinski definition) is 0. The van der Waals surface area contributed by atoms with Gasteiger partial charge in [-0.2, -0.15) is 0 Å². The van der Waals surface area contributed by atoms with Crippen LogP contribution in [0.1, 0.15) is 113 Å². The van der Waals surface area contributed by atoms with Crippen molar-refractivity contribution in [3.05, 3.63) is 131 Å². The molecule has 11 aromatic rings. The summed E-state index contributed by atoms with van der Waals surface area (Å²) in [5.74, 6) is 0.774. The van der Waals surface area contributed by atoms with Crippen molar-refractivity contribution in [1.82, 2.24) is 9.97 Å². The fraction of sp³-hybridized carbons (Fsp3) is 0.300. The van der Waals surface area contributed by atoms with Gasteiger partial charge in [-0.25, -0.2) is 9.97 Å². The average Bonchev–Trinajstić information content (AvgIpc) is 4.08. The highest BCUT2D eigenvalue weighted by Crippen LogP contribution is 2.46. The maximum Gasteiger partial charge on any atom is 0.160 e. The molecule has 0 fully saturated rings. The normalized spacial score (nSPS) is 12.2. The van der Waals surface area contributed by atoms with E-state index in [1.54, 1.807) is 0 Å². The van der Waals surface area contributed by atoms with Gasteiger partial charge >= 0.3 is 0 Å². The van der Waals surface area contributed by atoms with E-state index in [1.807, 2.05) is 40.1 Å². The van der Waals surface area contributed by atoms with Gasteiger partial charge in [-0.05, 0) is 122 Å². The number of aromatic nitrogens is 2. The van der Waals surface area contributed by atoms with Gasteiger partial charge in [0.1, 0.15) is 11.2 Å². The van der Waals surface area contributed by atoms with Crippen LogP contribution in [0.3, 0.4) is 0 Å². The monoisotopic (exact) mass is 918 g/mol. The van der Waals surface area contributed by atoms with Crippen molar-refractivity contribution in [2.24, 2.45) is 0 Å². The Labute approximate surface area is 400 Å². The molecule has 0 aliphatic heterocycles. The molecule has 0 aliphatic carbocycles. The highest BCUT2D eigenvalue weighted by molar-refractivity contribution is 7.36. The number of thiophene rings is 3. The zero-order valence-electron chi connectivity index (χ0n) is 38.8. The second kappa shape index (κ2) is 18.7. The highest BCUT2D eigenvalue weighted by Gasteiger charge is 2.19. The summed E-state index contributed by atoms with van der Waals surface area (Å²) in [5, 5.41) is 7.49. The zero-order chi connectivity index (χ0) is 44.7. The summed E-state index contributed by atoms with van der Waals surface area (Å²) < 4.78 is 14.3. The molecule has 0 aliphatic rings. The van der Waals surface area contributed by atoms with Gasteiger partial charge in [0, 0.05) is 67.8 Å². The molecule has 332 valence electrons. The Morgan fingerprint density at radius 1 is 0.439 bits per heavy atom. The van der Waals surface area contributed by atoms with Gasteiger partial charge < -0.3 is 4.42 Å². The number of fused-ring (bicyclic) bond motifs is 11. The van der Waals surface area contributed by atoms with Gasteiger partial charge in [-0.15, -0.1) is 34.0 Å². The van der Waals surface area contributed by atoms with Crippen LogP contribution in [0.2, 0.25) is 0 Å².